The molecule has 24 heteroatoms. The Kier molecular flexibility index (Phi) is 23.0. The van der Waals surface area contributed by atoms with Crippen molar-refractivity contribution in [1.29, 1.82) is 0 Å². The van der Waals surface area contributed by atoms with E-state index in [1.54, 1.807) is 84.3 Å². The number of ether oxygens (including phenoxy) is 4. The minimum absolute atomic E-state index is 0.0150. The highest BCUT2D eigenvalue weighted by molar-refractivity contribution is 7.90. The fraction of sp³-hybridized carbons (Fsp3) is 0.397. The minimum Gasteiger partial charge on any atom is -0.496 e. The van der Waals surface area contributed by atoms with Gasteiger partial charge >= 0.3 is 12.2 Å². The zero-order valence-corrected chi connectivity index (χ0v) is 60.6. The van der Waals surface area contributed by atoms with Gasteiger partial charge in [-0.05, 0) is 200 Å². The summed E-state index contributed by atoms with van der Waals surface area (Å²) in [6, 6.07) is 28.7. The zero-order chi connectivity index (χ0) is 70.7. The topological polar surface area (TPSA) is 169 Å². The van der Waals surface area contributed by atoms with E-state index in [2.05, 4.69) is 0 Å². The Bertz CT molecular complexity index is 4420. The van der Waals surface area contributed by atoms with Crippen LogP contribution in [0.15, 0.2) is 119 Å². The fourth-order valence-corrected chi connectivity index (χ4v) is 16.4. The third-order valence-corrected chi connectivity index (χ3v) is 22.6. The van der Waals surface area contributed by atoms with Crippen LogP contribution in [0.5, 0.6) is 11.5 Å². The summed E-state index contributed by atoms with van der Waals surface area (Å²) in [6.07, 6.45) is 6.74. The number of fused-ring (bicyclic) bond motifs is 2. The van der Waals surface area contributed by atoms with Crippen LogP contribution in [-0.4, -0.2) is 132 Å². The summed E-state index contributed by atoms with van der Waals surface area (Å²) in [5, 5.41) is -0.132. The molecule has 10 rings (SSSR count). The molecule has 2 saturated carbocycles. The first kappa shape index (κ1) is 73.7. The number of halogens is 5. The number of sulfone groups is 1. The van der Waals surface area contributed by atoms with Gasteiger partial charge in [0, 0.05) is 96.1 Å². The molecule has 2 heterocycles. The van der Waals surface area contributed by atoms with Crippen LogP contribution in [-0.2, 0) is 43.2 Å². The predicted octanol–water partition coefficient (Wildman–Crippen LogP) is 17.5. The number of aryl methyl sites for hydroxylation is 1. The van der Waals surface area contributed by atoms with E-state index >= 15 is 0 Å². The zero-order valence-electron chi connectivity index (χ0n) is 56.6. The molecule has 2 fully saturated rings. The minimum atomic E-state index is -3.44. The Hall–Kier alpha value is -7.57. The van der Waals surface area contributed by atoms with Crippen LogP contribution >= 0.6 is 34.3 Å². The normalized spacial score (nSPS) is 17.0. The summed E-state index contributed by atoms with van der Waals surface area (Å²) < 4.78 is 119. The molecule has 8 aromatic rings. The van der Waals surface area contributed by atoms with Crippen LogP contribution < -0.4 is 9.47 Å². The van der Waals surface area contributed by atoms with Gasteiger partial charge in [0.25, 0.3) is 11.8 Å². The van der Waals surface area contributed by atoms with Crippen LogP contribution in [0.25, 0.3) is 42.4 Å². The van der Waals surface area contributed by atoms with E-state index in [1.165, 1.54) is 7.11 Å². The number of amides is 4. The standard InChI is InChI=1S/C37H42F2N2O6S2.C36H39ClF2N2O5S2/c1-22-32-29(38)16-17-30(39)34(32)48-33(22)35(42)41(27-14-12-26(13-15-27)40(5)36(43)47-37(2,3)4)21-25-19-24(11-18-31(25)46-6)23-9-8-10-28(20-23)49(7,44)45;1-36(2,3)46-35(43)40(4)24-11-13-25(14-12-24)41(34(42)33-31(37)30-27(38)15-16-28(39)32(30)47-33)20-23-18-22(10-17-29(23)45-5)21-8-7-9-26(19-21)48(6)44/h8-11,16-20,26-27H,12-15,21H2,1-7H3;7-10,15-19,24-25H,11-14,20H2,1-6H3. The van der Waals surface area contributed by atoms with Gasteiger partial charge in [-0.3, -0.25) is 13.8 Å². The van der Waals surface area contributed by atoms with Crippen molar-refractivity contribution in [3.05, 3.63) is 164 Å². The van der Waals surface area contributed by atoms with Crippen molar-refractivity contribution in [1.82, 2.24) is 19.6 Å². The van der Waals surface area contributed by atoms with Gasteiger partial charge in [-0.25, -0.2) is 35.6 Å². The van der Waals surface area contributed by atoms with Crippen LogP contribution in [0, 0.1) is 30.2 Å². The SMILES string of the molecule is COc1ccc(-c2cccc(S(C)(=O)=O)c2)cc1CN(C(=O)c1sc2c(F)ccc(F)c2c1C)C1CCC(N(C)C(=O)OC(C)(C)C)CC1.COc1ccc(-c2cccc(S(C)=O)c2)cc1CN(C(=O)c1sc2c(F)ccc(F)c2c1Cl)C1CCC(N(C)C(=O)OC(C)(C)C)CC1. The van der Waals surface area contributed by atoms with E-state index in [0.717, 1.165) is 69.9 Å². The molecule has 2 aliphatic carbocycles. The smallest absolute Gasteiger partial charge is 0.410 e. The first-order valence-electron chi connectivity index (χ1n) is 31.7. The number of thiophene rings is 2. The first-order valence-corrected chi connectivity index (χ1v) is 37.2. The van der Waals surface area contributed by atoms with Crippen LogP contribution in [0.3, 0.4) is 0 Å². The second-order valence-corrected chi connectivity index (χ2v) is 32.4. The summed E-state index contributed by atoms with van der Waals surface area (Å²) in [5.74, 6) is -2.24. The van der Waals surface area contributed by atoms with Crippen molar-refractivity contribution in [2.75, 3.05) is 40.8 Å². The maximum Gasteiger partial charge on any atom is 0.410 e. The summed E-state index contributed by atoms with van der Waals surface area (Å²) in [7, 11) is 1.93. The molecule has 6 aromatic carbocycles. The molecule has 0 aliphatic heterocycles. The number of hydrogen-bond acceptors (Lipinski definition) is 13. The van der Waals surface area contributed by atoms with Crippen molar-refractivity contribution in [3.8, 4) is 33.8 Å². The molecule has 2 aliphatic rings. The number of rotatable bonds is 16. The number of nitrogens with zero attached hydrogens (tertiary/aromatic N) is 4. The van der Waals surface area contributed by atoms with Gasteiger partial charge in [-0.2, -0.15) is 0 Å². The first-order chi connectivity index (χ1) is 45.7. The number of methoxy groups -OCH3 is 2. The summed E-state index contributed by atoms with van der Waals surface area (Å²) in [4.78, 5) is 62.5. The molecule has 4 amide bonds. The van der Waals surface area contributed by atoms with Gasteiger partial charge in [-0.1, -0.05) is 48.0 Å². The second-order valence-electron chi connectivity index (χ2n) is 26.6. The second kappa shape index (κ2) is 30.3. The van der Waals surface area contributed by atoms with Gasteiger partial charge in [0.05, 0.1) is 43.8 Å². The highest BCUT2D eigenvalue weighted by Crippen LogP contribution is 2.43. The Morgan fingerprint density at radius 2 is 0.948 bits per heavy atom. The van der Waals surface area contributed by atoms with E-state index in [9.17, 15) is 49.4 Å². The summed E-state index contributed by atoms with van der Waals surface area (Å²) in [6.45, 7) is 12.8. The van der Waals surface area contributed by atoms with Crippen molar-refractivity contribution in [3.63, 3.8) is 0 Å². The van der Waals surface area contributed by atoms with E-state index in [4.69, 9.17) is 30.5 Å². The summed E-state index contributed by atoms with van der Waals surface area (Å²) >= 11 is 8.40. The highest BCUT2D eigenvalue weighted by atomic mass is 35.5. The lowest BCUT2D eigenvalue weighted by atomic mass is 9.89. The largest absolute Gasteiger partial charge is 0.496 e. The van der Waals surface area contributed by atoms with Gasteiger partial charge in [0.2, 0.25) is 0 Å². The molecule has 0 bridgehead atoms. The van der Waals surface area contributed by atoms with Crippen molar-refractivity contribution in [2.45, 2.75) is 158 Å². The molecule has 0 N–H and O–H groups in total. The molecule has 1 atom stereocenters. The van der Waals surface area contributed by atoms with E-state index in [1.807, 2.05) is 96.1 Å². The van der Waals surface area contributed by atoms with Crippen molar-refractivity contribution < 1.29 is 68.3 Å². The lowest BCUT2D eigenvalue weighted by Gasteiger charge is -2.40. The van der Waals surface area contributed by atoms with Gasteiger partial charge in [-0.15, -0.1) is 22.7 Å². The number of carbonyl (C=O) groups excluding carboxylic acids is 4. The van der Waals surface area contributed by atoms with Gasteiger partial charge < -0.3 is 38.5 Å². The Labute approximate surface area is 580 Å². The fourth-order valence-electron chi connectivity index (χ4n) is 12.5. The predicted molar refractivity (Wildman–Crippen MR) is 375 cm³/mol. The van der Waals surface area contributed by atoms with Crippen LogP contribution in [0.2, 0.25) is 5.02 Å². The van der Waals surface area contributed by atoms with Crippen LogP contribution in [0.4, 0.5) is 27.2 Å². The summed E-state index contributed by atoms with van der Waals surface area (Å²) in [5.41, 5.74) is 3.63. The molecule has 15 nitrogen and oxygen atoms in total. The molecule has 518 valence electrons. The molecule has 2 aromatic heterocycles. The molecule has 0 radical (unpaired) electrons. The Morgan fingerprint density at radius 1 is 0.557 bits per heavy atom. The molecule has 0 saturated heterocycles. The van der Waals surface area contributed by atoms with Crippen molar-refractivity contribution in [2.24, 2.45) is 0 Å². The van der Waals surface area contributed by atoms with Gasteiger partial charge in [0.15, 0.2) is 9.84 Å². The third-order valence-electron chi connectivity index (χ3n) is 17.6. The molecular weight excluding hydrogens is 1350 g/mol. The quantitative estimate of drug-likeness (QED) is 0.0844. The molecule has 0 spiro atoms. The number of carbonyl (C=O) groups is 4. The lowest BCUT2D eigenvalue weighted by Crippen LogP contribution is -2.47. The van der Waals surface area contributed by atoms with Gasteiger partial charge in [0.1, 0.15) is 50.8 Å². The average Bonchev–Trinajstić information content (AvgIpc) is 1.63. The van der Waals surface area contributed by atoms with E-state index in [0.29, 0.717) is 90.0 Å². The Morgan fingerprint density at radius 3 is 1.37 bits per heavy atom. The maximum absolute atomic E-state index is 14.9. The monoisotopic (exact) mass is 1430 g/mol. The maximum atomic E-state index is 14.9. The van der Waals surface area contributed by atoms with E-state index < -0.39 is 73.2 Å². The third kappa shape index (κ3) is 17.1. The van der Waals surface area contributed by atoms with Crippen molar-refractivity contribution >= 4 is 99.1 Å². The Balaban J connectivity index is 0.000000227. The number of benzene rings is 6. The molecule has 97 heavy (non-hydrogen) atoms. The molecular formula is C73H81ClF4N4O11S4. The lowest BCUT2D eigenvalue weighted by molar-refractivity contribution is 0.0138. The van der Waals surface area contributed by atoms with Crippen LogP contribution in [0.1, 0.15) is 129 Å². The highest BCUT2D eigenvalue weighted by Gasteiger charge is 2.38. The number of hydrogen-bond donors (Lipinski definition) is 0. The molecule has 1 unspecified atom stereocenters. The average molecular weight is 1430 g/mol. The van der Waals surface area contributed by atoms with E-state index in [-0.39, 0.29) is 83.0 Å².